The molecule has 0 N–H and O–H groups in total. The van der Waals surface area contributed by atoms with Crippen molar-refractivity contribution in [3.8, 4) is 0 Å². The van der Waals surface area contributed by atoms with Crippen molar-refractivity contribution in [3.63, 3.8) is 0 Å². The van der Waals surface area contributed by atoms with Crippen LogP contribution in [0.4, 0.5) is 0 Å². The molecule has 0 aliphatic carbocycles. The number of ketones is 1. The Morgan fingerprint density at radius 2 is 2.00 bits per heavy atom. The smallest absolute Gasteiger partial charge is 0.379 e. The Bertz CT molecular complexity index is 444. The van der Waals surface area contributed by atoms with Gasteiger partial charge in [0, 0.05) is 12.2 Å². The van der Waals surface area contributed by atoms with Crippen molar-refractivity contribution < 1.29 is 19.1 Å². The minimum Gasteiger partial charge on any atom is -0.457 e. The Balaban J connectivity index is 1.85. The number of Topliss-reactive ketones (excluding diaryl/α,β-unsaturated/α-hetero) is 1. The zero-order valence-electron chi connectivity index (χ0n) is 11.1. The van der Waals surface area contributed by atoms with E-state index in [0.717, 1.165) is 24.8 Å². The van der Waals surface area contributed by atoms with Crippen LogP contribution in [0.25, 0.3) is 0 Å². The molecule has 102 valence electrons. The molecule has 1 aromatic rings. The standard InChI is InChI=1S/C15H18O4/c1-11-5-7-12(8-6-11)14(16)15(17)19-10-13-4-2-3-9-18-13/h5-8,13H,2-4,9-10H2,1H3. The number of hydrogen-bond acceptors (Lipinski definition) is 4. The van der Waals surface area contributed by atoms with Crippen LogP contribution in [-0.4, -0.2) is 31.1 Å². The van der Waals surface area contributed by atoms with Crippen LogP contribution >= 0.6 is 0 Å². The lowest BCUT2D eigenvalue weighted by molar-refractivity contribution is -0.143. The Morgan fingerprint density at radius 3 is 2.63 bits per heavy atom. The van der Waals surface area contributed by atoms with Crippen LogP contribution in [0.5, 0.6) is 0 Å². The maximum atomic E-state index is 11.8. The van der Waals surface area contributed by atoms with Gasteiger partial charge in [0.05, 0.1) is 6.10 Å². The van der Waals surface area contributed by atoms with Gasteiger partial charge in [0.15, 0.2) is 0 Å². The van der Waals surface area contributed by atoms with Gasteiger partial charge in [-0.1, -0.05) is 29.8 Å². The summed E-state index contributed by atoms with van der Waals surface area (Å²) in [6, 6.07) is 6.86. The first-order valence-corrected chi connectivity index (χ1v) is 6.56. The summed E-state index contributed by atoms with van der Waals surface area (Å²) < 4.78 is 10.5. The van der Waals surface area contributed by atoms with Crippen molar-refractivity contribution in [1.29, 1.82) is 0 Å². The van der Waals surface area contributed by atoms with Crippen molar-refractivity contribution in [2.75, 3.05) is 13.2 Å². The van der Waals surface area contributed by atoms with Gasteiger partial charge in [-0.3, -0.25) is 4.79 Å². The molecule has 19 heavy (non-hydrogen) atoms. The second kappa shape index (κ2) is 6.48. The number of rotatable bonds is 4. The summed E-state index contributed by atoms with van der Waals surface area (Å²) in [7, 11) is 0. The fourth-order valence-corrected chi connectivity index (χ4v) is 2.00. The molecule has 1 heterocycles. The average molecular weight is 262 g/mol. The predicted molar refractivity (Wildman–Crippen MR) is 70.1 cm³/mol. The lowest BCUT2D eigenvalue weighted by Gasteiger charge is -2.21. The van der Waals surface area contributed by atoms with Gasteiger partial charge in [0.2, 0.25) is 0 Å². The molecule has 1 atom stereocenters. The van der Waals surface area contributed by atoms with E-state index in [0.29, 0.717) is 12.2 Å². The number of esters is 1. The Hall–Kier alpha value is -1.68. The highest BCUT2D eigenvalue weighted by Crippen LogP contribution is 2.13. The summed E-state index contributed by atoms with van der Waals surface area (Å²) in [6.45, 7) is 2.79. The number of hydrogen-bond donors (Lipinski definition) is 0. The highest BCUT2D eigenvalue weighted by atomic mass is 16.6. The first-order valence-electron chi connectivity index (χ1n) is 6.56. The minimum atomic E-state index is -0.807. The SMILES string of the molecule is Cc1ccc(C(=O)C(=O)OCC2CCCCO2)cc1. The highest BCUT2D eigenvalue weighted by molar-refractivity contribution is 6.40. The number of aryl methyl sites for hydroxylation is 1. The van der Waals surface area contributed by atoms with E-state index < -0.39 is 11.8 Å². The van der Waals surface area contributed by atoms with Gasteiger partial charge in [0.1, 0.15) is 6.61 Å². The summed E-state index contributed by atoms with van der Waals surface area (Å²) in [5.41, 5.74) is 1.40. The molecule has 2 rings (SSSR count). The summed E-state index contributed by atoms with van der Waals surface area (Å²) in [6.07, 6.45) is 2.94. The van der Waals surface area contributed by atoms with Gasteiger partial charge in [-0.25, -0.2) is 4.79 Å². The summed E-state index contributed by atoms with van der Waals surface area (Å²) >= 11 is 0. The number of ether oxygens (including phenoxy) is 2. The van der Waals surface area contributed by atoms with Gasteiger partial charge in [-0.2, -0.15) is 0 Å². The van der Waals surface area contributed by atoms with Gasteiger partial charge in [-0.05, 0) is 26.2 Å². The monoisotopic (exact) mass is 262 g/mol. The molecule has 1 aromatic carbocycles. The fourth-order valence-electron chi connectivity index (χ4n) is 2.00. The predicted octanol–water partition coefficient (Wildman–Crippen LogP) is 2.29. The third kappa shape index (κ3) is 3.89. The van der Waals surface area contributed by atoms with E-state index >= 15 is 0 Å². The molecule has 0 aromatic heterocycles. The number of benzene rings is 1. The normalized spacial score (nSPS) is 18.9. The van der Waals surface area contributed by atoms with E-state index in [9.17, 15) is 9.59 Å². The first-order chi connectivity index (χ1) is 9.16. The van der Waals surface area contributed by atoms with E-state index in [2.05, 4.69) is 0 Å². The Kier molecular flexibility index (Phi) is 4.68. The molecule has 0 saturated carbocycles. The Morgan fingerprint density at radius 1 is 1.26 bits per heavy atom. The molecule has 0 spiro atoms. The third-order valence-corrected chi connectivity index (χ3v) is 3.17. The molecule has 0 amide bonds. The van der Waals surface area contributed by atoms with Crippen LogP contribution in [-0.2, 0) is 14.3 Å². The van der Waals surface area contributed by atoms with E-state index in [-0.39, 0.29) is 12.7 Å². The molecule has 1 aliphatic rings. The second-order valence-electron chi connectivity index (χ2n) is 4.78. The molecule has 1 aliphatic heterocycles. The quantitative estimate of drug-likeness (QED) is 0.474. The van der Waals surface area contributed by atoms with Gasteiger partial charge >= 0.3 is 5.97 Å². The topological polar surface area (TPSA) is 52.6 Å². The van der Waals surface area contributed by atoms with Crippen LogP contribution in [0, 0.1) is 6.92 Å². The van der Waals surface area contributed by atoms with Crippen LogP contribution in [0.3, 0.4) is 0 Å². The molecule has 1 unspecified atom stereocenters. The van der Waals surface area contributed by atoms with Crippen LogP contribution in [0.2, 0.25) is 0 Å². The lowest BCUT2D eigenvalue weighted by atomic mass is 10.1. The maximum absolute atomic E-state index is 11.8. The number of carbonyl (C=O) groups is 2. The molecular formula is C15H18O4. The van der Waals surface area contributed by atoms with Crippen LogP contribution in [0.1, 0.15) is 35.2 Å². The summed E-state index contributed by atoms with van der Waals surface area (Å²) in [4.78, 5) is 23.5. The van der Waals surface area contributed by atoms with E-state index in [1.54, 1.807) is 24.3 Å². The molecule has 0 radical (unpaired) electrons. The second-order valence-corrected chi connectivity index (χ2v) is 4.78. The zero-order chi connectivity index (χ0) is 13.7. The van der Waals surface area contributed by atoms with Crippen LogP contribution in [0.15, 0.2) is 24.3 Å². The molecule has 4 nitrogen and oxygen atoms in total. The van der Waals surface area contributed by atoms with E-state index in [4.69, 9.17) is 9.47 Å². The van der Waals surface area contributed by atoms with Crippen molar-refractivity contribution in [2.45, 2.75) is 32.3 Å². The molecule has 4 heteroatoms. The number of carbonyl (C=O) groups excluding carboxylic acids is 2. The fraction of sp³-hybridized carbons (Fsp3) is 0.467. The van der Waals surface area contributed by atoms with E-state index in [1.807, 2.05) is 6.92 Å². The van der Waals surface area contributed by atoms with Crippen LogP contribution < -0.4 is 0 Å². The third-order valence-electron chi connectivity index (χ3n) is 3.17. The minimum absolute atomic E-state index is 0.0662. The molecule has 1 fully saturated rings. The van der Waals surface area contributed by atoms with Crippen molar-refractivity contribution in [1.82, 2.24) is 0 Å². The summed E-state index contributed by atoms with van der Waals surface area (Å²) in [5.74, 6) is -1.41. The van der Waals surface area contributed by atoms with Crippen molar-refractivity contribution in [2.24, 2.45) is 0 Å². The highest BCUT2D eigenvalue weighted by Gasteiger charge is 2.21. The summed E-state index contributed by atoms with van der Waals surface area (Å²) in [5, 5.41) is 0. The molecule has 1 saturated heterocycles. The largest absolute Gasteiger partial charge is 0.457 e. The average Bonchev–Trinajstić information content (AvgIpc) is 2.46. The Labute approximate surface area is 112 Å². The van der Waals surface area contributed by atoms with Crippen molar-refractivity contribution >= 4 is 11.8 Å². The molecule has 0 bridgehead atoms. The van der Waals surface area contributed by atoms with Crippen molar-refractivity contribution in [3.05, 3.63) is 35.4 Å². The lowest BCUT2D eigenvalue weighted by Crippen LogP contribution is -2.28. The maximum Gasteiger partial charge on any atom is 0.379 e. The zero-order valence-corrected chi connectivity index (χ0v) is 11.1. The van der Waals surface area contributed by atoms with Gasteiger partial charge in [0.25, 0.3) is 5.78 Å². The molecular weight excluding hydrogens is 244 g/mol. The van der Waals surface area contributed by atoms with E-state index in [1.165, 1.54) is 0 Å². The first kappa shape index (κ1) is 13.7. The van der Waals surface area contributed by atoms with Gasteiger partial charge in [-0.15, -0.1) is 0 Å². The van der Waals surface area contributed by atoms with Gasteiger partial charge < -0.3 is 9.47 Å².